The average Bonchev–Trinajstić information content (AvgIpc) is 2.58. The van der Waals surface area contributed by atoms with Crippen LogP contribution in [0.3, 0.4) is 0 Å². The molecule has 1 saturated carbocycles. The Bertz CT molecular complexity index is 280. The Balaban J connectivity index is 1.87. The van der Waals surface area contributed by atoms with Gasteiger partial charge in [-0.05, 0) is 44.6 Å². The zero-order valence-corrected chi connectivity index (χ0v) is 12.0. The molecule has 1 saturated heterocycles. The largest absolute Gasteiger partial charge is 0.338 e. The zero-order valence-electron chi connectivity index (χ0n) is 12.0. The van der Waals surface area contributed by atoms with Crippen LogP contribution in [0.25, 0.3) is 0 Å². The van der Waals surface area contributed by atoms with Gasteiger partial charge in [-0.3, -0.25) is 4.79 Å². The van der Waals surface area contributed by atoms with E-state index in [1.54, 1.807) is 0 Å². The summed E-state index contributed by atoms with van der Waals surface area (Å²) in [4.78, 5) is 14.5. The molecule has 0 aromatic carbocycles. The zero-order chi connectivity index (χ0) is 13.0. The van der Waals surface area contributed by atoms with Crippen LogP contribution >= 0.6 is 0 Å². The lowest BCUT2D eigenvalue weighted by atomic mass is 10.0. The molecule has 0 aromatic rings. The number of likely N-dealkylation sites (tertiary alicyclic amines) is 1. The van der Waals surface area contributed by atoms with E-state index in [0.29, 0.717) is 11.9 Å². The van der Waals surface area contributed by atoms with Crippen molar-refractivity contribution >= 4 is 5.91 Å². The maximum atomic E-state index is 12.4. The third-order valence-electron chi connectivity index (χ3n) is 4.55. The Hall–Kier alpha value is -0.570. The third-order valence-corrected chi connectivity index (χ3v) is 4.55. The molecule has 3 nitrogen and oxygen atoms in total. The average molecular weight is 252 g/mol. The van der Waals surface area contributed by atoms with E-state index < -0.39 is 0 Å². The smallest absolute Gasteiger partial charge is 0.240 e. The number of carbonyl (C=O) groups is 1. The normalized spacial score (nSPS) is 33.8. The highest BCUT2D eigenvalue weighted by Gasteiger charge is 2.35. The molecule has 0 spiro atoms. The van der Waals surface area contributed by atoms with Gasteiger partial charge in [0.05, 0.1) is 6.04 Å². The predicted molar refractivity (Wildman–Crippen MR) is 74.4 cm³/mol. The molecule has 2 rings (SSSR count). The summed E-state index contributed by atoms with van der Waals surface area (Å²) >= 11 is 0. The summed E-state index contributed by atoms with van der Waals surface area (Å²) < 4.78 is 0. The van der Waals surface area contributed by atoms with Crippen molar-refractivity contribution in [2.45, 2.75) is 70.9 Å². The minimum atomic E-state index is 0.102. The number of hydrogen-bond donors (Lipinski definition) is 1. The van der Waals surface area contributed by atoms with Crippen molar-refractivity contribution in [1.82, 2.24) is 10.2 Å². The van der Waals surface area contributed by atoms with Crippen LogP contribution in [0.2, 0.25) is 0 Å². The molecule has 2 fully saturated rings. The van der Waals surface area contributed by atoms with Gasteiger partial charge in [-0.15, -0.1) is 0 Å². The van der Waals surface area contributed by atoms with E-state index in [0.717, 1.165) is 31.8 Å². The summed E-state index contributed by atoms with van der Waals surface area (Å²) in [6.07, 6.45) is 8.47. The van der Waals surface area contributed by atoms with Crippen molar-refractivity contribution in [3.05, 3.63) is 0 Å². The first-order valence-corrected chi connectivity index (χ1v) is 7.76. The molecule has 1 N–H and O–H groups in total. The molecule has 3 unspecified atom stereocenters. The first-order valence-electron chi connectivity index (χ1n) is 7.76. The van der Waals surface area contributed by atoms with Crippen LogP contribution < -0.4 is 5.32 Å². The SMILES string of the molecule is CCCNC1CCN(C2CCCC(C)CC2)C1=O. The monoisotopic (exact) mass is 252 g/mol. The first kappa shape index (κ1) is 13.9. The summed E-state index contributed by atoms with van der Waals surface area (Å²) in [5, 5.41) is 3.38. The molecule has 1 aliphatic heterocycles. The van der Waals surface area contributed by atoms with Gasteiger partial charge in [-0.2, -0.15) is 0 Å². The number of carbonyl (C=O) groups excluding carboxylic acids is 1. The Kier molecular flexibility index (Phi) is 5.04. The van der Waals surface area contributed by atoms with E-state index in [2.05, 4.69) is 24.1 Å². The van der Waals surface area contributed by atoms with E-state index >= 15 is 0 Å². The van der Waals surface area contributed by atoms with E-state index in [1.807, 2.05) is 0 Å². The van der Waals surface area contributed by atoms with Gasteiger partial charge >= 0.3 is 0 Å². The number of amides is 1. The number of nitrogens with zero attached hydrogens (tertiary/aromatic N) is 1. The maximum Gasteiger partial charge on any atom is 0.240 e. The summed E-state index contributed by atoms with van der Waals surface area (Å²) in [5.74, 6) is 1.21. The van der Waals surface area contributed by atoms with Gasteiger partial charge in [0, 0.05) is 12.6 Å². The van der Waals surface area contributed by atoms with Gasteiger partial charge in [0.25, 0.3) is 0 Å². The van der Waals surface area contributed by atoms with Crippen LogP contribution in [0.1, 0.15) is 58.8 Å². The highest BCUT2D eigenvalue weighted by molar-refractivity contribution is 5.84. The molecule has 0 bridgehead atoms. The van der Waals surface area contributed by atoms with Crippen LogP contribution in [0, 0.1) is 5.92 Å². The van der Waals surface area contributed by atoms with Crippen LogP contribution in [-0.2, 0) is 4.79 Å². The minimum absolute atomic E-state index is 0.102. The third kappa shape index (κ3) is 3.25. The van der Waals surface area contributed by atoms with Crippen molar-refractivity contribution in [1.29, 1.82) is 0 Å². The maximum absolute atomic E-state index is 12.4. The van der Waals surface area contributed by atoms with Gasteiger partial charge in [0.15, 0.2) is 0 Å². The van der Waals surface area contributed by atoms with Crippen LogP contribution in [-0.4, -0.2) is 36.0 Å². The molecular formula is C15H28N2O. The lowest BCUT2D eigenvalue weighted by molar-refractivity contribution is -0.131. The van der Waals surface area contributed by atoms with Gasteiger partial charge in [-0.1, -0.05) is 26.7 Å². The van der Waals surface area contributed by atoms with E-state index in [4.69, 9.17) is 0 Å². The highest BCUT2D eigenvalue weighted by atomic mass is 16.2. The van der Waals surface area contributed by atoms with Crippen LogP contribution in [0.5, 0.6) is 0 Å². The minimum Gasteiger partial charge on any atom is -0.338 e. The summed E-state index contributed by atoms with van der Waals surface area (Å²) in [6, 6.07) is 0.626. The fourth-order valence-electron chi connectivity index (χ4n) is 3.35. The Labute approximate surface area is 111 Å². The predicted octanol–water partition coefficient (Wildman–Crippen LogP) is 2.56. The molecule has 1 heterocycles. The highest BCUT2D eigenvalue weighted by Crippen LogP contribution is 2.28. The second kappa shape index (κ2) is 6.55. The summed E-state index contributed by atoms with van der Waals surface area (Å²) in [7, 11) is 0. The van der Waals surface area contributed by atoms with E-state index in [9.17, 15) is 4.79 Å². The van der Waals surface area contributed by atoms with Crippen molar-refractivity contribution in [3.63, 3.8) is 0 Å². The van der Waals surface area contributed by atoms with Gasteiger partial charge < -0.3 is 10.2 Å². The van der Waals surface area contributed by atoms with Crippen molar-refractivity contribution in [2.75, 3.05) is 13.1 Å². The molecule has 0 aromatic heterocycles. The standard InChI is InChI=1S/C15H28N2O/c1-3-10-16-14-9-11-17(15(14)18)13-6-4-5-12(2)7-8-13/h12-14,16H,3-11H2,1-2H3. The topological polar surface area (TPSA) is 32.3 Å². The molecule has 2 aliphatic rings. The van der Waals surface area contributed by atoms with Gasteiger partial charge in [0.2, 0.25) is 5.91 Å². The van der Waals surface area contributed by atoms with Crippen LogP contribution in [0.15, 0.2) is 0 Å². The van der Waals surface area contributed by atoms with Gasteiger partial charge in [-0.25, -0.2) is 0 Å². The number of rotatable bonds is 4. The molecule has 3 atom stereocenters. The number of nitrogens with one attached hydrogen (secondary N) is 1. The quantitative estimate of drug-likeness (QED) is 0.780. The summed E-state index contributed by atoms with van der Waals surface area (Å²) in [6.45, 7) is 6.43. The Morgan fingerprint density at radius 2 is 2.06 bits per heavy atom. The molecule has 104 valence electrons. The fraction of sp³-hybridized carbons (Fsp3) is 0.933. The van der Waals surface area contributed by atoms with E-state index in [-0.39, 0.29) is 6.04 Å². The molecule has 0 radical (unpaired) electrons. The Morgan fingerprint density at radius 1 is 1.22 bits per heavy atom. The number of hydrogen-bond acceptors (Lipinski definition) is 2. The summed E-state index contributed by atoms with van der Waals surface area (Å²) in [5.41, 5.74) is 0. The molecule has 1 aliphatic carbocycles. The van der Waals surface area contributed by atoms with Gasteiger partial charge in [0.1, 0.15) is 0 Å². The molecule has 18 heavy (non-hydrogen) atoms. The molecular weight excluding hydrogens is 224 g/mol. The van der Waals surface area contributed by atoms with Crippen molar-refractivity contribution in [3.8, 4) is 0 Å². The van der Waals surface area contributed by atoms with E-state index in [1.165, 1.54) is 32.1 Å². The second-order valence-corrected chi connectivity index (χ2v) is 6.09. The van der Waals surface area contributed by atoms with Crippen molar-refractivity contribution in [2.24, 2.45) is 5.92 Å². The van der Waals surface area contributed by atoms with Crippen LogP contribution in [0.4, 0.5) is 0 Å². The lowest BCUT2D eigenvalue weighted by Gasteiger charge is -2.27. The molecule has 3 heteroatoms. The lowest BCUT2D eigenvalue weighted by Crippen LogP contribution is -2.42. The Morgan fingerprint density at radius 3 is 2.83 bits per heavy atom. The molecule has 1 amide bonds. The first-order chi connectivity index (χ1) is 8.72. The van der Waals surface area contributed by atoms with Crippen molar-refractivity contribution < 1.29 is 4.79 Å². The fourth-order valence-corrected chi connectivity index (χ4v) is 3.35. The second-order valence-electron chi connectivity index (χ2n) is 6.09.